The molecule has 1 saturated heterocycles. The van der Waals surface area contributed by atoms with Crippen LogP contribution in [0.3, 0.4) is 0 Å². The molecule has 1 N–H and O–H groups in total. The number of nitrogens with one attached hydrogen (secondary N) is 1. The van der Waals surface area contributed by atoms with Crippen molar-refractivity contribution >= 4 is 5.91 Å². The third-order valence-corrected chi connectivity index (χ3v) is 3.47. The van der Waals surface area contributed by atoms with Crippen molar-refractivity contribution in [3.63, 3.8) is 0 Å². The summed E-state index contributed by atoms with van der Waals surface area (Å²) in [7, 11) is 1.70. The third kappa shape index (κ3) is 3.19. The Bertz CT molecular complexity index is 246. The molecule has 0 radical (unpaired) electrons. The van der Waals surface area contributed by atoms with Crippen molar-refractivity contribution in [2.75, 3.05) is 13.7 Å². The number of hydrogen-bond acceptors (Lipinski definition) is 3. The summed E-state index contributed by atoms with van der Waals surface area (Å²) < 4.78 is 5.22. The van der Waals surface area contributed by atoms with E-state index in [2.05, 4.69) is 26.1 Å². The maximum atomic E-state index is 12.3. The van der Waals surface area contributed by atoms with Crippen molar-refractivity contribution in [2.24, 2.45) is 0 Å². The number of carbonyl (C=O) groups is 1. The predicted molar refractivity (Wildman–Crippen MR) is 68.7 cm³/mol. The van der Waals surface area contributed by atoms with Crippen LogP contribution in [0.15, 0.2) is 0 Å². The number of hydrogen-bond donors (Lipinski definition) is 1. The average molecular weight is 242 g/mol. The summed E-state index contributed by atoms with van der Waals surface area (Å²) >= 11 is 0. The average Bonchev–Trinajstić information content (AvgIpc) is 2.64. The summed E-state index contributed by atoms with van der Waals surface area (Å²) in [5.41, 5.74) is 0. The zero-order valence-corrected chi connectivity index (χ0v) is 11.5. The summed E-state index contributed by atoms with van der Waals surface area (Å²) in [5.74, 6) is 0.252. The number of methoxy groups -OCH3 is 1. The van der Waals surface area contributed by atoms with Crippen molar-refractivity contribution in [3.8, 4) is 0 Å². The van der Waals surface area contributed by atoms with Gasteiger partial charge in [0.25, 0.3) is 0 Å². The van der Waals surface area contributed by atoms with E-state index < -0.39 is 0 Å². The number of rotatable bonds is 7. The van der Waals surface area contributed by atoms with Gasteiger partial charge < -0.3 is 9.64 Å². The first kappa shape index (κ1) is 14.5. The molecule has 0 bridgehead atoms. The minimum absolute atomic E-state index is 0.0101. The van der Waals surface area contributed by atoms with Crippen molar-refractivity contribution < 1.29 is 9.53 Å². The molecule has 0 saturated carbocycles. The van der Waals surface area contributed by atoms with Crippen LogP contribution in [-0.4, -0.2) is 42.8 Å². The Morgan fingerprint density at radius 2 is 2.12 bits per heavy atom. The van der Waals surface area contributed by atoms with Crippen molar-refractivity contribution in [3.05, 3.63) is 0 Å². The lowest BCUT2D eigenvalue weighted by Crippen LogP contribution is -2.46. The molecule has 0 aliphatic carbocycles. The highest BCUT2D eigenvalue weighted by molar-refractivity contribution is 5.84. The van der Waals surface area contributed by atoms with Crippen LogP contribution in [0, 0.1) is 0 Å². The molecule has 0 aromatic heterocycles. The lowest BCUT2D eigenvalue weighted by Gasteiger charge is -2.31. The van der Waals surface area contributed by atoms with Crippen LogP contribution >= 0.6 is 0 Å². The first-order valence-corrected chi connectivity index (χ1v) is 6.76. The van der Waals surface area contributed by atoms with Crippen LogP contribution in [0.2, 0.25) is 0 Å². The lowest BCUT2D eigenvalue weighted by molar-refractivity contribution is -0.133. The van der Waals surface area contributed by atoms with Gasteiger partial charge in [-0.3, -0.25) is 10.1 Å². The highest BCUT2D eigenvalue weighted by Gasteiger charge is 2.40. The smallest absolute Gasteiger partial charge is 0.241 e. The van der Waals surface area contributed by atoms with Gasteiger partial charge in [-0.25, -0.2) is 0 Å². The Balaban J connectivity index is 2.76. The lowest BCUT2D eigenvalue weighted by atomic mass is 10.1. The Labute approximate surface area is 105 Å². The fraction of sp³-hybridized carbons (Fsp3) is 0.923. The van der Waals surface area contributed by atoms with E-state index in [1.165, 1.54) is 0 Å². The van der Waals surface area contributed by atoms with E-state index in [-0.39, 0.29) is 24.2 Å². The second-order valence-corrected chi connectivity index (χ2v) is 4.69. The molecule has 3 atom stereocenters. The molecule has 100 valence electrons. The Hall–Kier alpha value is -0.610. The van der Waals surface area contributed by atoms with Gasteiger partial charge in [0.05, 0.1) is 24.9 Å². The standard InChI is InChI=1S/C13H26N2O2/c1-5-8-11-13(16)15(12(7-3)14-11)10(6-2)9-17-4/h10-12,14H,5-9H2,1-4H3. The van der Waals surface area contributed by atoms with E-state index >= 15 is 0 Å². The normalized spacial score (nSPS) is 26.6. The fourth-order valence-corrected chi connectivity index (χ4v) is 2.55. The highest BCUT2D eigenvalue weighted by Crippen LogP contribution is 2.21. The summed E-state index contributed by atoms with van der Waals surface area (Å²) in [4.78, 5) is 14.4. The molecule has 17 heavy (non-hydrogen) atoms. The van der Waals surface area contributed by atoms with Gasteiger partial charge in [-0.15, -0.1) is 0 Å². The topological polar surface area (TPSA) is 41.6 Å². The largest absolute Gasteiger partial charge is 0.383 e. The van der Waals surface area contributed by atoms with Gasteiger partial charge in [0, 0.05) is 7.11 Å². The molecular formula is C13H26N2O2. The third-order valence-electron chi connectivity index (χ3n) is 3.47. The van der Waals surface area contributed by atoms with Crippen molar-refractivity contribution in [2.45, 2.75) is 64.7 Å². The maximum absolute atomic E-state index is 12.3. The van der Waals surface area contributed by atoms with Gasteiger partial charge in [0.15, 0.2) is 0 Å². The Kier molecular flexibility index (Phi) is 5.92. The molecule has 4 nitrogen and oxygen atoms in total. The first-order valence-electron chi connectivity index (χ1n) is 6.76. The van der Waals surface area contributed by atoms with E-state index in [4.69, 9.17) is 4.74 Å². The molecule has 0 aromatic carbocycles. The van der Waals surface area contributed by atoms with Gasteiger partial charge in [-0.2, -0.15) is 0 Å². The van der Waals surface area contributed by atoms with Crippen molar-refractivity contribution in [1.82, 2.24) is 10.2 Å². The van der Waals surface area contributed by atoms with Gasteiger partial charge in [-0.05, 0) is 19.3 Å². The summed E-state index contributed by atoms with van der Waals surface area (Å²) in [6.07, 6.45) is 4.03. The predicted octanol–water partition coefficient (Wildman–Crippen LogP) is 1.75. The summed E-state index contributed by atoms with van der Waals surface area (Å²) in [6.45, 7) is 6.97. The SMILES string of the molecule is CCCC1NC(CC)N(C(CC)COC)C1=O. The zero-order chi connectivity index (χ0) is 12.8. The Morgan fingerprint density at radius 3 is 2.59 bits per heavy atom. The van der Waals surface area contributed by atoms with Crippen LogP contribution < -0.4 is 5.32 Å². The molecule has 1 fully saturated rings. The number of ether oxygens (including phenoxy) is 1. The molecule has 1 aliphatic heterocycles. The quantitative estimate of drug-likeness (QED) is 0.739. The molecule has 0 spiro atoms. The molecule has 1 aliphatic rings. The molecule has 1 rings (SSSR count). The fourth-order valence-electron chi connectivity index (χ4n) is 2.55. The van der Waals surface area contributed by atoms with Gasteiger partial charge >= 0.3 is 0 Å². The monoisotopic (exact) mass is 242 g/mol. The van der Waals surface area contributed by atoms with Crippen LogP contribution in [0.4, 0.5) is 0 Å². The van der Waals surface area contributed by atoms with E-state index in [0.29, 0.717) is 6.61 Å². The summed E-state index contributed by atoms with van der Waals surface area (Å²) in [6, 6.07) is 0.211. The number of amides is 1. The molecule has 0 aromatic rings. The number of carbonyl (C=O) groups excluding carboxylic acids is 1. The molecule has 1 heterocycles. The summed E-state index contributed by atoms with van der Waals surface area (Å²) in [5, 5.41) is 3.44. The highest BCUT2D eigenvalue weighted by atomic mass is 16.5. The number of nitrogens with zero attached hydrogens (tertiary/aromatic N) is 1. The van der Waals surface area contributed by atoms with Gasteiger partial charge in [-0.1, -0.05) is 27.2 Å². The van der Waals surface area contributed by atoms with Crippen LogP contribution in [0.25, 0.3) is 0 Å². The molecule has 1 amide bonds. The van der Waals surface area contributed by atoms with E-state index in [1.807, 2.05) is 4.90 Å². The van der Waals surface area contributed by atoms with Gasteiger partial charge in [0.2, 0.25) is 5.91 Å². The van der Waals surface area contributed by atoms with E-state index in [9.17, 15) is 4.79 Å². The van der Waals surface area contributed by atoms with E-state index in [0.717, 1.165) is 25.7 Å². The maximum Gasteiger partial charge on any atom is 0.241 e. The molecule has 3 unspecified atom stereocenters. The second kappa shape index (κ2) is 6.97. The minimum Gasteiger partial charge on any atom is -0.383 e. The Morgan fingerprint density at radius 1 is 1.41 bits per heavy atom. The van der Waals surface area contributed by atoms with Crippen LogP contribution in [0.1, 0.15) is 46.5 Å². The second-order valence-electron chi connectivity index (χ2n) is 4.69. The first-order chi connectivity index (χ1) is 8.19. The van der Waals surface area contributed by atoms with Crippen LogP contribution in [0.5, 0.6) is 0 Å². The zero-order valence-electron chi connectivity index (χ0n) is 11.5. The van der Waals surface area contributed by atoms with Crippen LogP contribution in [-0.2, 0) is 9.53 Å². The molecular weight excluding hydrogens is 216 g/mol. The van der Waals surface area contributed by atoms with Gasteiger partial charge in [0.1, 0.15) is 0 Å². The minimum atomic E-state index is 0.0101. The van der Waals surface area contributed by atoms with Crippen molar-refractivity contribution in [1.29, 1.82) is 0 Å². The molecule has 4 heteroatoms. The van der Waals surface area contributed by atoms with E-state index in [1.54, 1.807) is 7.11 Å².